The fourth-order valence-electron chi connectivity index (χ4n) is 2.62. The third-order valence-electron chi connectivity index (χ3n) is 4.03. The number of rotatable bonds is 4. The summed E-state index contributed by atoms with van der Waals surface area (Å²) in [6.45, 7) is 6.82. The molecule has 1 fully saturated rings. The summed E-state index contributed by atoms with van der Waals surface area (Å²) >= 11 is 0. The van der Waals surface area contributed by atoms with Crippen molar-refractivity contribution in [3.05, 3.63) is 42.0 Å². The van der Waals surface area contributed by atoms with E-state index in [0.717, 1.165) is 6.08 Å². The van der Waals surface area contributed by atoms with Gasteiger partial charge in [0.05, 0.1) is 0 Å². The maximum Gasteiger partial charge on any atom is 0.410 e. The Bertz CT molecular complexity index is 820. The van der Waals surface area contributed by atoms with Crippen LogP contribution in [0.1, 0.15) is 31.1 Å². The second-order valence-corrected chi connectivity index (χ2v) is 7.56. The first-order chi connectivity index (χ1) is 13.5. The molecule has 1 aromatic carbocycles. The predicted molar refractivity (Wildman–Crippen MR) is 107 cm³/mol. The topological polar surface area (TPSA) is 122 Å². The first kappa shape index (κ1) is 21.9. The van der Waals surface area contributed by atoms with Crippen LogP contribution >= 0.6 is 0 Å². The Morgan fingerprint density at radius 2 is 1.66 bits per heavy atom. The van der Waals surface area contributed by atoms with Gasteiger partial charge in [0.25, 0.3) is 0 Å². The molecule has 4 amide bonds. The normalized spacial score (nSPS) is 14.6. The van der Waals surface area contributed by atoms with Crippen molar-refractivity contribution < 1.29 is 23.9 Å². The summed E-state index contributed by atoms with van der Waals surface area (Å²) < 4.78 is 5.32. The third-order valence-corrected chi connectivity index (χ3v) is 4.03. The first-order valence-electron chi connectivity index (χ1n) is 9.21. The lowest BCUT2D eigenvalue weighted by Crippen LogP contribution is -2.51. The summed E-state index contributed by atoms with van der Waals surface area (Å²) in [6.07, 6.45) is 1.90. The molecule has 2 rings (SSSR count). The van der Waals surface area contributed by atoms with Gasteiger partial charge >= 0.3 is 6.09 Å². The predicted octanol–water partition coefficient (Wildman–Crippen LogP) is 1.36. The van der Waals surface area contributed by atoms with E-state index in [1.165, 1.54) is 18.2 Å². The van der Waals surface area contributed by atoms with Crippen molar-refractivity contribution in [2.24, 2.45) is 5.73 Å². The van der Waals surface area contributed by atoms with Crippen molar-refractivity contribution in [2.75, 3.05) is 31.5 Å². The van der Waals surface area contributed by atoms with E-state index < -0.39 is 23.5 Å². The molecular formula is C20H26N4O5. The molecule has 9 heteroatoms. The second-order valence-electron chi connectivity index (χ2n) is 7.56. The SMILES string of the molecule is CC(C)(C)OC(=O)N1CCN(C(=O)/C=C\C(=O)Nc2cccc(C(N)=O)c2)CC1. The average Bonchev–Trinajstić information content (AvgIpc) is 2.65. The molecule has 0 atom stereocenters. The van der Waals surface area contributed by atoms with Crippen LogP contribution in [0.3, 0.4) is 0 Å². The molecule has 0 aliphatic carbocycles. The van der Waals surface area contributed by atoms with Crippen LogP contribution in [0.2, 0.25) is 0 Å². The summed E-state index contributed by atoms with van der Waals surface area (Å²) in [4.78, 5) is 50.6. The molecule has 1 aromatic rings. The highest BCUT2D eigenvalue weighted by Gasteiger charge is 2.27. The van der Waals surface area contributed by atoms with Gasteiger partial charge in [-0.1, -0.05) is 6.07 Å². The van der Waals surface area contributed by atoms with Crippen LogP contribution < -0.4 is 11.1 Å². The van der Waals surface area contributed by atoms with Crippen molar-refractivity contribution in [1.29, 1.82) is 0 Å². The van der Waals surface area contributed by atoms with Crippen molar-refractivity contribution in [1.82, 2.24) is 9.80 Å². The summed E-state index contributed by atoms with van der Waals surface area (Å²) in [6, 6.07) is 6.19. The van der Waals surface area contributed by atoms with Gasteiger partial charge in [0.1, 0.15) is 5.60 Å². The van der Waals surface area contributed by atoms with Gasteiger partial charge in [0, 0.05) is 49.6 Å². The second kappa shape index (κ2) is 9.22. The van der Waals surface area contributed by atoms with Crippen molar-refractivity contribution in [3.8, 4) is 0 Å². The lowest BCUT2D eigenvalue weighted by molar-refractivity contribution is -0.128. The van der Waals surface area contributed by atoms with Gasteiger partial charge in [0.2, 0.25) is 17.7 Å². The number of nitrogens with zero attached hydrogens (tertiary/aromatic N) is 2. The first-order valence-corrected chi connectivity index (χ1v) is 9.21. The molecule has 9 nitrogen and oxygen atoms in total. The van der Waals surface area contributed by atoms with Crippen LogP contribution in [0.5, 0.6) is 0 Å². The number of ether oxygens (including phenoxy) is 1. The molecule has 29 heavy (non-hydrogen) atoms. The van der Waals surface area contributed by atoms with Crippen LogP contribution in [0.4, 0.5) is 10.5 Å². The number of amides is 4. The molecule has 1 aliphatic heterocycles. The van der Waals surface area contributed by atoms with E-state index in [1.807, 2.05) is 0 Å². The highest BCUT2D eigenvalue weighted by Crippen LogP contribution is 2.12. The van der Waals surface area contributed by atoms with Gasteiger partial charge in [0.15, 0.2) is 0 Å². The largest absolute Gasteiger partial charge is 0.444 e. The quantitative estimate of drug-likeness (QED) is 0.737. The number of primary amides is 1. The molecule has 156 valence electrons. The van der Waals surface area contributed by atoms with E-state index in [1.54, 1.807) is 42.7 Å². The van der Waals surface area contributed by atoms with E-state index in [-0.39, 0.29) is 11.5 Å². The highest BCUT2D eigenvalue weighted by molar-refractivity contribution is 6.04. The summed E-state index contributed by atoms with van der Waals surface area (Å²) in [5, 5.41) is 2.57. The number of hydrogen-bond donors (Lipinski definition) is 2. The Morgan fingerprint density at radius 3 is 2.24 bits per heavy atom. The van der Waals surface area contributed by atoms with Gasteiger partial charge in [-0.15, -0.1) is 0 Å². The molecule has 1 heterocycles. The van der Waals surface area contributed by atoms with Crippen LogP contribution in [-0.4, -0.2) is 65.4 Å². The van der Waals surface area contributed by atoms with Crippen LogP contribution in [-0.2, 0) is 14.3 Å². The maximum atomic E-state index is 12.3. The zero-order valence-corrected chi connectivity index (χ0v) is 16.8. The lowest BCUT2D eigenvalue weighted by atomic mass is 10.2. The molecule has 0 saturated carbocycles. The fourth-order valence-corrected chi connectivity index (χ4v) is 2.62. The van der Waals surface area contributed by atoms with Gasteiger partial charge in [-0.3, -0.25) is 14.4 Å². The molecular weight excluding hydrogens is 376 g/mol. The van der Waals surface area contributed by atoms with Crippen molar-refractivity contribution in [3.63, 3.8) is 0 Å². The van der Waals surface area contributed by atoms with E-state index in [9.17, 15) is 19.2 Å². The molecule has 0 aromatic heterocycles. The van der Waals surface area contributed by atoms with E-state index in [0.29, 0.717) is 31.9 Å². The van der Waals surface area contributed by atoms with Crippen molar-refractivity contribution >= 4 is 29.5 Å². The number of benzene rings is 1. The summed E-state index contributed by atoms with van der Waals surface area (Å²) in [7, 11) is 0. The maximum absolute atomic E-state index is 12.3. The standard InChI is InChI=1S/C20H26N4O5/c1-20(2,3)29-19(28)24-11-9-23(10-12-24)17(26)8-7-16(25)22-15-6-4-5-14(13-15)18(21)27/h4-8,13H,9-12H2,1-3H3,(H2,21,27)(H,22,25)/b8-7-. The minimum absolute atomic E-state index is 0.269. The monoisotopic (exact) mass is 402 g/mol. The zero-order chi connectivity index (χ0) is 21.6. The van der Waals surface area contributed by atoms with Crippen molar-refractivity contribution in [2.45, 2.75) is 26.4 Å². The fraction of sp³-hybridized carbons (Fsp3) is 0.400. The lowest BCUT2D eigenvalue weighted by Gasteiger charge is -2.35. The average molecular weight is 402 g/mol. The zero-order valence-electron chi connectivity index (χ0n) is 16.8. The smallest absolute Gasteiger partial charge is 0.410 e. The molecule has 1 saturated heterocycles. The van der Waals surface area contributed by atoms with Crippen LogP contribution in [0.25, 0.3) is 0 Å². The Labute approximate surface area is 169 Å². The number of nitrogens with two attached hydrogens (primary N) is 1. The summed E-state index contributed by atoms with van der Waals surface area (Å²) in [5.74, 6) is -1.43. The minimum atomic E-state index is -0.600. The highest BCUT2D eigenvalue weighted by atomic mass is 16.6. The molecule has 3 N–H and O–H groups in total. The number of carbonyl (C=O) groups is 4. The van der Waals surface area contributed by atoms with Gasteiger partial charge in [-0.05, 0) is 39.0 Å². The van der Waals surface area contributed by atoms with Gasteiger partial charge in [-0.25, -0.2) is 4.79 Å². The molecule has 1 aliphatic rings. The Balaban J connectivity index is 1.84. The number of nitrogens with one attached hydrogen (secondary N) is 1. The number of hydrogen-bond acceptors (Lipinski definition) is 5. The molecule has 0 unspecified atom stereocenters. The summed E-state index contributed by atoms with van der Waals surface area (Å²) in [5.41, 5.74) is 5.30. The number of piperazine rings is 1. The van der Waals surface area contributed by atoms with E-state index in [2.05, 4.69) is 5.32 Å². The third kappa shape index (κ3) is 6.95. The molecule has 0 radical (unpaired) electrons. The van der Waals surface area contributed by atoms with E-state index in [4.69, 9.17) is 10.5 Å². The Hall–Kier alpha value is -3.36. The molecule has 0 spiro atoms. The number of carbonyl (C=O) groups excluding carboxylic acids is 4. The van der Waals surface area contributed by atoms with Crippen LogP contribution in [0.15, 0.2) is 36.4 Å². The van der Waals surface area contributed by atoms with Gasteiger partial charge in [-0.2, -0.15) is 0 Å². The molecule has 0 bridgehead atoms. The minimum Gasteiger partial charge on any atom is -0.444 e. The Morgan fingerprint density at radius 1 is 1.03 bits per heavy atom. The van der Waals surface area contributed by atoms with E-state index >= 15 is 0 Å². The van der Waals surface area contributed by atoms with Gasteiger partial charge < -0.3 is 25.6 Å². The Kier molecular flexibility index (Phi) is 6.98. The number of anilines is 1. The van der Waals surface area contributed by atoms with Crippen LogP contribution in [0, 0.1) is 0 Å².